The van der Waals surface area contributed by atoms with Crippen LogP contribution in [0.4, 0.5) is 0 Å². The van der Waals surface area contributed by atoms with Crippen molar-refractivity contribution in [2.75, 3.05) is 20.2 Å². The minimum Gasteiger partial charge on any atom is -0.493 e. The summed E-state index contributed by atoms with van der Waals surface area (Å²) in [6.45, 7) is 2.31. The number of benzene rings is 1. The molecule has 3 nitrogen and oxygen atoms in total. The third-order valence-electron chi connectivity index (χ3n) is 3.91. The molecule has 1 aromatic heterocycles. The number of rotatable bonds is 5. The largest absolute Gasteiger partial charge is 0.493 e. The van der Waals surface area contributed by atoms with E-state index < -0.39 is 0 Å². The van der Waals surface area contributed by atoms with Gasteiger partial charge in [0.05, 0.1) is 10.4 Å². The Balaban J connectivity index is 1.77. The predicted molar refractivity (Wildman–Crippen MR) is 90.9 cm³/mol. The highest BCUT2D eigenvalue weighted by molar-refractivity contribution is 9.11. The van der Waals surface area contributed by atoms with Crippen LogP contribution < -0.4 is 10.5 Å². The van der Waals surface area contributed by atoms with Crippen molar-refractivity contribution in [3.63, 3.8) is 0 Å². The predicted octanol–water partition coefficient (Wildman–Crippen LogP) is 3.58. The summed E-state index contributed by atoms with van der Waals surface area (Å²) in [6, 6.07) is 8.87. The lowest BCUT2D eigenvalue weighted by Gasteiger charge is -2.27. The lowest BCUT2D eigenvalue weighted by molar-refractivity contribution is 0.242. The summed E-state index contributed by atoms with van der Waals surface area (Å²) >= 11 is 5.24. The van der Waals surface area contributed by atoms with E-state index in [-0.39, 0.29) is 6.04 Å². The normalized spacial score (nSPS) is 15.0. The van der Waals surface area contributed by atoms with E-state index in [9.17, 15) is 0 Å². The minimum absolute atomic E-state index is 0.231. The third-order valence-corrected chi connectivity index (χ3v) is 5.46. The molecule has 0 aliphatic carbocycles. The Labute approximate surface area is 137 Å². The zero-order valence-electron chi connectivity index (χ0n) is 12.0. The summed E-state index contributed by atoms with van der Waals surface area (Å²) in [4.78, 5) is 2.31. The molecule has 0 amide bonds. The average molecular weight is 367 g/mol. The number of halogens is 1. The molecule has 2 heterocycles. The Morgan fingerprint density at radius 1 is 1.43 bits per heavy atom. The van der Waals surface area contributed by atoms with Crippen LogP contribution in [0, 0.1) is 0 Å². The molecule has 0 fully saturated rings. The lowest BCUT2D eigenvalue weighted by atomic mass is 10.0. The minimum atomic E-state index is 0.231. The van der Waals surface area contributed by atoms with Gasteiger partial charge in [0, 0.05) is 25.6 Å². The molecule has 3 rings (SSSR count). The standard InChI is InChI=1S/C16H19BrN2OS/c1-19(9-11-6-16(17)21-10-11)14(8-18)12-2-3-15-13(7-12)4-5-20-15/h2-3,6-7,10,14H,4-5,8-9,18H2,1H3. The van der Waals surface area contributed by atoms with Crippen molar-refractivity contribution in [3.05, 3.63) is 50.1 Å². The second-order valence-electron chi connectivity index (χ2n) is 5.39. The highest BCUT2D eigenvalue weighted by atomic mass is 79.9. The van der Waals surface area contributed by atoms with Crippen LogP contribution in [0.25, 0.3) is 0 Å². The highest BCUT2D eigenvalue weighted by Crippen LogP contribution is 2.30. The Bertz CT molecular complexity index is 628. The van der Waals surface area contributed by atoms with Crippen molar-refractivity contribution >= 4 is 27.3 Å². The van der Waals surface area contributed by atoms with Gasteiger partial charge in [-0.2, -0.15) is 0 Å². The van der Waals surface area contributed by atoms with Crippen LogP contribution >= 0.6 is 27.3 Å². The van der Waals surface area contributed by atoms with Crippen LogP contribution in [0.15, 0.2) is 33.4 Å². The number of likely N-dealkylation sites (N-methyl/N-ethyl adjacent to an activating group) is 1. The molecule has 112 valence electrons. The Hall–Kier alpha value is -0.880. The van der Waals surface area contributed by atoms with Gasteiger partial charge in [0.2, 0.25) is 0 Å². The van der Waals surface area contributed by atoms with Gasteiger partial charge < -0.3 is 10.5 Å². The quantitative estimate of drug-likeness (QED) is 0.878. The van der Waals surface area contributed by atoms with Crippen LogP contribution in [0.3, 0.4) is 0 Å². The van der Waals surface area contributed by atoms with Gasteiger partial charge in [-0.3, -0.25) is 4.90 Å². The number of thiophene rings is 1. The van der Waals surface area contributed by atoms with Gasteiger partial charge in [-0.05, 0) is 57.2 Å². The molecule has 1 atom stereocenters. The Morgan fingerprint density at radius 2 is 2.29 bits per heavy atom. The number of hydrogen-bond acceptors (Lipinski definition) is 4. The molecular formula is C16H19BrN2OS. The first kappa shape index (κ1) is 15.0. The number of fused-ring (bicyclic) bond motifs is 1. The van der Waals surface area contributed by atoms with E-state index in [2.05, 4.69) is 57.5 Å². The van der Waals surface area contributed by atoms with Crippen molar-refractivity contribution in [2.24, 2.45) is 5.73 Å². The van der Waals surface area contributed by atoms with Crippen LogP contribution in [-0.4, -0.2) is 25.1 Å². The van der Waals surface area contributed by atoms with E-state index in [1.165, 1.54) is 20.5 Å². The summed E-state index contributed by atoms with van der Waals surface area (Å²) < 4.78 is 6.75. The maximum atomic E-state index is 6.03. The molecule has 0 bridgehead atoms. The highest BCUT2D eigenvalue weighted by Gasteiger charge is 2.19. The number of nitrogens with two attached hydrogens (primary N) is 1. The first-order valence-electron chi connectivity index (χ1n) is 7.06. The average Bonchev–Trinajstić information content (AvgIpc) is 3.08. The van der Waals surface area contributed by atoms with Gasteiger partial charge >= 0.3 is 0 Å². The van der Waals surface area contributed by atoms with Crippen molar-refractivity contribution in [3.8, 4) is 5.75 Å². The van der Waals surface area contributed by atoms with Gasteiger partial charge in [0.15, 0.2) is 0 Å². The van der Waals surface area contributed by atoms with Gasteiger partial charge in [-0.15, -0.1) is 11.3 Å². The van der Waals surface area contributed by atoms with Crippen LogP contribution in [-0.2, 0) is 13.0 Å². The van der Waals surface area contributed by atoms with E-state index in [1.54, 1.807) is 11.3 Å². The SMILES string of the molecule is CN(Cc1csc(Br)c1)C(CN)c1ccc2c(c1)CCO2. The zero-order valence-corrected chi connectivity index (χ0v) is 14.4. The van der Waals surface area contributed by atoms with Gasteiger partial charge in [-0.1, -0.05) is 12.1 Å². The Kier molecular flexibility index (Phi) is 4.64. The van der Waals surface area contributed by atoms with Crippen molar-refractivity contribution in [2.45, 2.75) is 19.0 Å². The molecule has 0 radical (unpaired) electrons. The number of hydrogen-bond donors (Lipinski definition) is 1. The molecule has 21 heavy (non-hydrogen) atoms. The van der Waals surface area contributed by atoms with Crippen LogP contribution in [0.1, 0.15) is 22.7 Å². The molecule has 1 aliphatic rings. The maximum Gasteiger partial charge on any atom is 0.122 e. The fourth-order valence-electron chi connectivity index (χ4n) is 2.81. The molecule has 2 aromatic rings. The van der Waals surface area contributed by atoms with E-state index in [4.69, 9.17) is 10.5 Å². The topological polar surface area (TPSA) is 38.5 Å². The Morgan fingerprint density at radius 3 is 3.00 bits per heavy atom. The molecule has 1 unspecified atom stereocenters. The van der Waals surface area contributed by atoms with Gasteiger partial charge in [-0.25, -0.2) is 0 Å². The molecule has 1 aliphatic heterocycles. The fourth-order valence-corrected chi connectivity index (χ4v) is 4.01. The zero-order chi connectivity index (χ0) is 14.8. The molecule has 0 saturated heterocycles. The molecule has 0 saturated carbocycles. The van der Waals surface area contributed by atoms with Gasteiger partial charge in [0.1, 0.15) is 5.75 Å². The molecule has 1 aromatic carbocycles. The smallest absolute Gasteiger partial charge is 0.122 e. The van der Waals surface area contributed by atoms with Crippen LogP contribution in [0.5, 0.6) is 5.75 Å². The maximum absolute atomic E-state index is 6.03. The summed E-state index contributed by atoms with van der Waals surface area (Å²) in [5.74, 6) is 1.03. The summed E-state index contributed by atoms with van der Waals surface area (Å²) in [5, 5.41) is 2.19. The number of ether oxygens (including phenoxy) is 1. The molecular weight excluding hydrogens is 348 g/mol. The number of nitrogens with zero attached hydrogens (tertiary/aromatic N) is 1. The van der Waals surface area contributed by atoms with Gasteiger partial charge in [0.25, 0.3) is 0 Å². The summed E-state index contributed by atoms with van der Waals surface area (Å²) in [7, 11) is 2.13. The van der Waals surface area contributed by atoms with Crippen molar-refractivity contribution < 1.29 is 4.74 Å². The van der Waals surface area contributed by atoms with E-state index >= 15 is 0 Å². The molecule has 5 heteroatoms. The summed E-state index contributed by atoms with van der Waals surface area (Å²) in [6.07, 6.45) is 1.00. The van der Waals surface area contributed by atoms with E-state index in [0.29, 0.717) is 6.54 Å². The summed E-state index contributed by atoms with van der Waals surface area (Å²) in [5.41, 5.74) is 9.93. The third kappa shape index (κ3) is 3.31. The first-order valence-corrected chi connectivity index (χ1v) is 8.73. The fraction of sp³-hybridized carbons (Fsp3) is 0.375. The van der Waals surface area contributed by atoms with Crippen molar-refractivity contribution in [1.82, 2.24) is 4.90 Å². The van der Waals surface area contributed by atoms with Crippen molar-refractivity contribution in [1.29, 1.82) is 0 Å². The monoisotopic (exact) mass is 366 g/mol. The molecule has 2 N–H and O–H groups in total. The lowest BCUT2D eigenvalue weighted by Crippen LogP contribution is -2.30. The van der Waals surface area contributed by atoms with E-state index in [0.717, 1.165) is 25.3 Å². The van der Waals surface area contributed by atoms with E-state index in [1.807, 2.05) is 0 Å². The molecule has 0 spiro atoms. The first-order chi connectivity index (χ1) is 10.2. The second-order valence-corrected chi connectivity index (χ2v) is 7.68. The second kappa shape index (κ2) is 6.48. The van der Waals surface area contributed by atoms with Crippen LogP contribution in [0.2, 0.25) is 0 Å².